The summed E-state index contributed by atoms with van der Waals surface area (Å²) in [5.74, 6) is -0.376. The Morgan fingerprint density at radius 3 is 2.17 bits per heavy atom. The summed E-state index contributed by atoms with van der Waals surface area (Å²) in [6, 6.07) is 11.9. The first-order chi connectivity index (χ1) is 11.2. The van der Waals surface area contributed by atoms with Crippen molar-refractivity contribution in [3.05, 3.63) is 63.6 Å². The molecule has 0 saturated heterocycles. The fourth-order valence-electron chi connectivity index (χ4n) is 1.87. The van der Waals surface area contributed by atoms with E-state index >= 15 is 0 Å². The van der Waals surface area contributed by atoms with E-state index in [4.69, 9.17) is 58.0 Å². The van der Waals surface area contributed by atoms with Crippen LogP contribution in [-0.4, -0.2) is 15.9 Å². The molecule has 2 N–H and O–H groups in total. The van der Waals surface area contributed by atoms with Crippen molar-refractivity contribution < 1.29 is 4.79 Å². The number of benzene rings is 2. The molecule has 8 heteroatoms. The molecule has 1 amide bonds. The zero-order valence-corrected chi connectivity index (χ0v) is 16.2. The van der Waals surface area contributed by atoms with Gasteiger partial charge in [-0.05, 0) is 37.3 Å². The van der Waals surface area contributed by atoms with Crippen molar-refractivity contribution in [1.82, 2.24) is 5.32 Å². The van der Waals surface area contributed by atoms with E-state index in [2.05, 4.69) is 10.6 Å². The average molecular weight is 427 g/mol. The van der Waals surface area contributed by atoms with Crippen molar-refractivity contribution in [2.45, 2.75) is 16.9 Å². The lowest BCUT2D eigenvalue weighted by Gasteiger charge is -2.27. The fourth-order valence-corrected chi connectivity index (χ4v) is 2.50. The van der Waals surface area contributed by atoms with Crippen LogP contribution in [0.25, 0.3) is 0 Å². The number of hydrogen-bond donors (Lipinski definition) is 2. The molecule has 0 spiro atoms. The minimum absolute atomic E-state index is 0.342. The van der Waals surface area contributed by atoms with Crippen LogP contribution in [0.15, 0.2) is 42.5 Å². The molecule has 0 saturated carbocycles. The summed E-state index contributed by atoms with van der Waals surface area (Å²) >= 11 is 29.8. The highest BCUT2D eigenvalue weighted by Gasteiger charge is 2.34. The van der Waals surface area contributed by atoms with Crippen LogP contribution in [-0.2, 0) is 0 Å². The first-order valence-electron chi connectivity index (χ1n) is 6.82. The van der Waals surface area contributed by atoms with Gasteiger partial charge in [-0.15, -0.1) is 0 Å². The van der Waals surface area contributed by atoms with Gasteiger partial charge in [-0.2, -0.15) is 0 Å². The van der Waals surface area contributed by atoms with Gasteiger partial charge in [-0.25, -0.2) is 0 Å². The number of rotatable bonds is 4. The van der Waals surface area contributed by atoms with Crippen molar-refractivity contribution in [2.75, 3.05) is 5.32 Å². The summed E-state index contributed by atoms with van der Waals surface area (Å²) in [6.45, 7) is 1.93. The van der Waals surface area contributed by atoms with Gasteiger partial charge in [0.2, 0.25) is 3.79 Å². The molecule has 0 aliphatic rings. The highest BCUT2D eigenvalue weighted by atomic mass is 35.6. The van der Waals surface area contributed by atoms with Gasteiger partial charge in [0.05, 0.1) is 10.0 Å². The third-order valence-electron chi connectivity index (χ3n) is 3.15. The molecule has 0 aliphatic heterocycles. The van der Waals surface area contributed by atoms with Crippen LogP contribution in [0.3, 0.4) is 0 Å². The monoisotopic (exact) mass is 424 g/mol. The largest absolute Gasteiger partial charge is 0.362 e. The number of carbonyl (C=O) groups is 1. The van der Waals surface area contributed by atoms with Crippen molar-refractivity contribution in [1.29, 1.82) is 0 Å². The maximum absolute atomic E-state index is 12.4. The van der Waals surface area contributed by atoms with Crippen LogP contribution >= 0.6 is 58.0 Å². The Morgan fingerprint density at radius 1 is 1.00 bits per heavy atom. The minimum atomic E-state index is -1.79. The maximum atomic E-state index is 12.4. The smallest absolute Gasteiger partial charge is 0.252 e. The van der Waals surface area contributed by atoms with Crippen LogP contribution in [0.2, 0.25) is 10.0 Å². The Hall–Kier alpha value is -0.840. The molecule has 2 aromatic carbocycles. The Morgan fingerprint density at radius 2 is 1.62 bits per heavy atom. The van der Waals surface area contributed by atoms with Gasteiger partial charge in [-0.3, -0.25) is 4.79 Å². The first-order valence-corrected chi connectivity index (χ1v) is 8.71. The van der Waals surface area contributed by atoms with E-state index in [0.717, 1.165) is 5.56 Å². The lowest BCUT2D eigenvalue weighted by atomic mass is 10.1. The molecule has 0 fully saturated rings. The highest BCUT2D eigenvalue weighted by molar-refractivity contribution is 6.68. The van der Waals surface area contributed by atoms with Crippen LogP contribution in [0.5, 0.6) is 0 Å². The van der Waals surface area contributed by atoms with E-state index in [-0.39, 0.29) is 5.91 Å². The number of aryl methyl sites for hydroxylation is 1. The normalized spacial score (nSPS) is 12.6. The topological polar surface area (TPSA) is 41.1 Å². The van der Waals surface area contributed by atoms with Gasteiger partial charge in [0.1, 0.15) is 6.17 Å². The number of carbonyl (C=O) groups excluding carboxylic acids is 1. The molecule has 1 atom stereocenters. The second-order valence-electron chi connectivity index (χ2n) is 5.09. The van der Waals surface area contributed by atoms with E-state index in [1.807, 2.05) is 19.1 Å². The summed E-state index contributed by atoms with van der Waals surface area (Å²) in [6.07, 6.45) is -0.978. The molecule has 3 nitrogen and oxygen atoms in total. The van der Waals surface area contributed by atoms with Crippen LogP contribution in [0.4, 0.5) is 5.69 Å². The zero-order chi connectivity index (χ0) is 17.9. The summed E-state index contributed by atoms with van der Waals surface area (Å²) in [4.78, 5) is 12.4. The quantitative estimate of drug-likeness (QED) is 0.476. The molecule has 0 aliphatic carbocycles. The maximum Gasteiger partial charge on any atom is 0.252 e. The predicted molar refractivity (Wildman–Crippen MR) is 103 cm³/mol. The van der Waals surface area contributed by atoms with Gasteiger partial charge < -0.3 is 10.6 Å². The van der Waals surface area contributed by atoms with E-state index in [9.17, 15) is 4.79 Å². The summed E-state index contributed by atoms with van der Waals surface area (Å²) in [7, 11) is 0. The number of amides is 1. The molecule has 0 bridgehead atoms. The van der Waals surface area contributed by atoms with Gasteiger partial charge in [0, 0.05) is 11.3 Å². The van der Waals surface area contributed by atoms with Gasteiger partial charge >= 0.3 is 0 Å². The molecular formula is C16H13Cl5N2O. The average Bonchev–Trinajstić information content (AvgIpc) is 2.50. The van der Waals surface area contributed by atoms with Crippen molar-refractivity contribution in [3.8, 4) is 0 Å². The number of anilines is 1. The second kappa shape index (κ2) is 8.03. The van der Waals surface area contributed by atoms with E-state index in [1.54, 1.807) is 30.3 Å². The highest BCUT2D eigenvalue weighted by Crippen LogP contribution is 2.32. The Labute approximate surface area is 165 Å². The van der Waals surface area contributed by atoms with Crippen LogP contribution < -0.4 is 10.6 Å². The van der Waals surface area contributed by atoms with Crippen molar-refractivity contribution in [2.24, 2.45) is 0 Å². The molecule has 0 heterocycles. The third-order valence-corrected chi connectivity index (χ3v) is 4.54. The fraction of sp³-hybridized carbons (Fsp3) is 0.188. The number of alkyl halides is 3. The summed E-state index contributed by atoms with van der Waals surface area (Å²) < 4.78 is -1.79. The Balaban J connectivity index is 2.18. The molecule has 24 heavy (non-hydrogen) atoms. The lowest BCUT2D eigenvalue weighted by Crippen LogP contribution is -2.49. The second-order valence-corrected chi connectivity index (χ2v) is 8.27. The Bertz CT molecular complexity index is 728. The zero-order valence-electron chi connectivity index (χ0n) is 12.4. The molecule has 0 radical (unpaired) electrons. The van der Waals surface area contributed by atoms with Gasteiger partial charge in [0.15, 0.2) is 0 Å². The van der Waals surface area contributed by atoms with Crippen LogP contribution in [0, 0.1) is 6.92 Å². The summed E-state index contributed by atoms with van der Waals surface area (Å²) in [5.41, 5.74) is 2.04. The van der Waals surface area contributed by atoms with Crippen molar-refractivity contribution in [3.63, 3.8) is 0 Å². The molecular weight excluding hydrogens is 413 g/mol. The minimum Gasteiger partial charge on any atom is -0.362 e. The van der Waals surface area contributed by atoms with E-state index in [1.165, 1.54) is 0 Å². The predicted octanol–water partition coefficient (Wildman–Crippen LogP) is 5.84. The van der Waals surface area contributed by atoms with E-state index in [0.29, 0.717) is 21.3 Å². The molecule has 2 rings (SSSR count). The molecule has 2 aromatic rings. The first kappa shape index (κ1) is 19.5. The standard InChI is InChI=1S/C16H13Cl5N2O/c1-9-2-4-10(5-3-9)14(24)23-15(16(19,20)21)22-11-6-7-12(17)13(18)8-11/h2-8,15,22H,1H3,(H,23,24)/t15-/m1/s1. The summed E-state index contributed by atoms with van der Waals surface area (Å²) in [5, 5.41) is 6.32. The van der Waals surface area contributed by atoms with Crippen molar-refractivity contribution >= 4 is 69.6 Å². The third kappa shape index (κ3) is 5.33. The number of halogens is 5. The molecule has 128 valence electrons. The number of hydrogen-bond acceptors (Lipinski definition) is 2. The SMILES string of the molecule is Cc1ccc(C(=O)N[C@@H](Nc2ccc(Cl)c(Cl)c2)C(Cl)(Cl)Cl)cc1. The lowest BCUT2D eigenvalue weighted by molar-refractivity contribution is 0.0942. The van der Waals surface area contributed by atoms with Gasteiger partial charge in [-0.1, -0.05) is 75.7 Å². The Kier molecular flexibility index (Phi) is 6.52. The number of nitrogens with one attached hydrogen (secondary N) is 2. The molecule has 0 aromatic heterocycles. The van der Waals surface area contributed by atoms with Gasteiger partial charge in [0.25, 0.3) is 5.91 Å². The van der Waals surface area contributed by atoms with Crippen LogP contribution in [0.1, 0.15) is 15.9 Å². The van der Waals surface area contributed by atoms with E-state index < -0.39 is 9.96 Å². The molecule has 0 unspecified atom stereocenters.